The second-order valence-electron chi connectivity index (χ2n) is 6.72. The highest BCUT2D eigenvalue weighted by Gasteiger charge is 2.28. The third kappa shape index (κ3) is 4.13. The van der Waals surface area contributed by atoms with Crippen molar-refractivity contribution in [2.75, 3.05) is 13.1 Å². The largest absolute Gasteiger partial charge is 0.361 e. The van der Waals surface area contributed by atoms with Crippen LogP contribution in [0.4, 0.5) is 0 Å². The van der Waals surface area contributed by atoms with Crippen molar-refractivity contribution in [3.05, 3.63) is 47.3 Å². The maximum absolute atomic E-state index is 12.7. The monoisotopic (exact) mass is 377 g/mol. The SMILES string of the molecule is Cc1cc(CNC(=O)c2ccc(S(=O)(=O)N3CCC(C)CC3)cc2)no1. The van der Waals surface area contributed by atoms with Gasteiger partial charge in [0.25, 0.3) is 5.91 Å². The Labute approximate surface area is 153 Å². The third-order valence-corrected chi connectivity index (χ3v) is 6.52. The van der Waals surface area contributed by atoms with Gasteiger partial charge in [-0.15, -0.1) is 0 Å². The summed E-state index contributed by atoms with van der Waals surface area (Å²) in [6.07, 6.45) is 1.75. The fourth-order valence-electron chi connectivity index (χ4n) is 2.93. The van der Waals surface area contributed by atoms with Crippen molar-refractivity contribution in [3.8, 4) is 0 Å². The number of carbonyl (C=O) groups is 1. The van der Waals surface area contributed by atoms with Gasteiger partial charge in [0.2, 0.25) is 10.0 Å². The summed E-state index contributed by atoms with van der Waals surface area (Å²) in [5.74, 6) is 0.943. The smallest absolute Gasteiger partial charge is 0.251 e. The van der Waals surface area contributed by atoms with Crippen LogP contribution in [0, 0.1) is 12.8 Å². The Hall–Kier alpha value is -2.19. The van der Waals surface area contributed by atoms with Crippen LogP contribution in [0.25, 0.3) is 0 Å². The molecule has 0 unspecified atom stereocenters. The van der Waals surface area contributed by atoms with Crippen LogP contribution < -0.4 is 5.32 Å². The lowest BCUT2D eigenvalue weighted by Gasteiger charge is -2.29. The lowest BCUT2D eigenvalue weighted by molar-refractivity contribution is 0.0950. The Bertz CT molecular complexity index is 866. The molecule has 0 radical (unpaired) electrons. The van der Waals surface area contributed by atoms with Gasteiger partial charge in [0, 0.05) is 24.7 Å². The highest BCUT2D eigenvalue weighted by molar-refractivity contribution is 7.89. The number of aryl methyl sites for hydroxylation is 1. The molecule has 26 heavy (non-hydrogen) atoms. The first kappa shape index (κ1) is 18.6. The third-order valence-electron chi connectivity index (χ3n) is 4.60. The summed E-state index contributed by atoms with van der Waals surface area (Å²) < 4.78 is 31.9. The van der Waals surface area contributed by atoms with E-state index in [-0.39, 0.29) is 17.3 Å². The minimum atomic E-state index is -3.50. The second kappa shape index (κ2) is 7.59. The van der Waals surface area contributed by atoms with Gasteiger partial charge in [-0.05, 0) is 49.9 Å². The summed E-state index contributed by atoms with van der Waals surface area (Å²) in [6, 6.07) is 7.78. The number of amides is 1. The molecule has 1 aliphatic heterocycles. The molecule has 3 rings (SSSR count). The Morgan fingerprint density at radius 1 is 1.27 bits per heavy atom. The summed E-state index contributed by atoms with van der Waals surface area (Å²) in [5, 5.41) is 6.54. The standard InChI is InChI=1S/C18H23N3O4S/c1-13-7-9-21(10-8-13)26(23,24)17-5-3-15(4-6-17)18(22)19-12-16-11-14(2)25-20-16/h3-6,11,13H,7-10,12H2,1-2H3,(H,19,22). The maximum Gasteiger partial charge on any atom is 0.251 e. The predicted molar refractivity (Wildman–Crippen MR) is 96.0 cm³/mol. The molecular weight excluding hydrogens is 354 g/mol. The van der Waals surface area contributed by atoms with E-state index < -0.39 is 10.0 Å². The molecule has 0 bridgehead atoms. The highest BCUT2D eigenvalue weighted by Crippen LogP contribution is 2.23. The molecule has 1 N–H and O–H groups in total. The van der Waals surface area contributed by atoms with Gasteiger partial charge < -0.3 is 9.84 Å². The number of hydrogen-bond acceptors (Lipinski definition) is 5. The fourth-order valence-corrected chi connectivity index (χ4v) is 4.40. The summed E-state index contributed by atoms with van der Waals surface area (Å²) in [5.41, 5.74) is 1.03. The number of carbonyl (C=O) groups excluding carboxylic acids is 1. The summed E-state index contributed by atoms with van der Waals surface area (Å²) >= 11 is 0. The van der Waals surface area contributed by atoms with E-state index in [1.165, 1.54) is 28.6 Å². The first-order valence-corrected chi connectivity index (χ1v) is 10.1. The Balaban J connectivity index is 1.64. The Kier molecular flexibility index (Phi) is 5.43. The molecule has 1 saturated heterocycles. The van der Waals surface area contributed by atoms with Crippen molar-refractivity contribution in [1.82, 2.24) is 14.8 Å². The number of nitrogens with zero attached hydrogens (tertiary/aromatic N) is 2. The van der Waals surface area contributed by atoms with Crippen molar-refractivity contribution in [2.45, 2.75) is 38.1 Å². The predicted octanol–water partition coefficient (Wildman–Crippen LogP) is 2.33. The molecule has 1 aromatic heterocycles. The molecule has 0 spiro atoms. The maximum atomic E-state index is 12.7. The highest BCUT2D eigenvalue weighted by atomic mass is 32.2. The number of hydrogen-bond donors (Lipinski definition) is 1. The topological polar surface area (TPSA) is 92.5 Å². The van der Waals surface area contributed by atoms with Crippen molar-refractivity contribution in [3.63, 3.8) is 0 Å². The number of rotatable bonds is 5. The van der Waals surface area contributed by atoms with E-state index in [1.807, 2.05) is 0 Å². The summed E-state index contributed by atoms with van der Waals surface area (Å²) in [6.45, 7) is 5.26. The Morgan fingerprint density at radius 3 is 2.50 bits per heavy atom. The number of sulfonamides is 1. The molecule has 1 aliphatic rings. The van der Waals surface area contributed by atoms with Crippen molar-refractivity contribution in [2.24, 2.45) is 5.92 Å². The number of benzene rings is 1. The van der Waals surface area contributed by atoms with Crippen LogP contribution in [0.15, 0.2) is 39.8 Å². The summed E-state index contributed by atoms with van der Waals surface area (Å²) in [7, 11) is -3.50. The number of piperidine rings is 1. The quantitative estimate of drug-likeness (QED) is 0.863. The van der Waals surface area contributed by atoms with Crippen LogP contribution in [0.5, 0.6) is 0 Å². The molecule has 8 heteroatoms. The second-order valence-corrected chi connectivity index (χ2v) is 8.66. The van der Waals surface area contributed by atoms with Gasteiger partial charge in [0.15, 0.2) is 0 Å². The average molecular weight is 377 g/mol. The molecule has 140 valence electrons. The molecule has 1 aromatic carbocycles. The van der Waals surface area contributed by atoms with Gasteiger partial charge in [-0.1, -0.05) is 12.1 Å². The van der Waals surface area contributed by atoms with Crippen molar-refractivity contribution < 1.29 is 17.7 Å². The van der Waals surface area contributed by atoms with Crippen LogP contribution in [-0.2, 0) is 16.6 Å². The van der Waals surface area contributed by atoms with Gasteiger partial charge >= 0.3 is 0 Å². The van der Waals surface area contributed by atoms with Gasteiger partial charge in [0.05, 0.1) is 11.4 Å². The van der Waals surface area contributed by atoms with Crippen LogP contribution in [0.2, 0.25) is 0 Å². The number of nitrogens with one attached hydrogen (secondary N) is 1. The van der Waals surface area contributed by atoms with Crippen LogP contribution in [-0.4, -0.2) is 36.9 Å². The van der Waals surface area contributed by atoms with E-state index in [0.29, 0.717) is 36.0 Å². The zero-order chi connectivity index (χ0) is 18.7. The zero-order valence-corrected chi connectivity index (χ0v) is 15.8. The van der Waals surface area contributed by atoms with E-state index in [9.17, 15) is 13.2 Å². The molecule has 0 atom stereocenters. The molecule has 7 nitrogen and oxygen atoms in total. The van der Waals surface area contributed by atoms with Crippen LogP contribution in [0.3, 0.4) is 0 Å². The number of aromatic nitrogens is 1. The Morgan fingerprint density at radius 2 is 1.92 bits per heavy atom. The minimum absolute atomic E-state index is 0.218. The van der Waals surface area contributed by atoms with E-state index in [0.717, 1.165) is 12.8 Å². The van der Waals surface area contributed by atoms with Crippen molar-refractivity contribution >= 4 is 15.9 Å². The normalized spacial score (nSPS) is 16.5. The first-order valence-electron chi connectivity index (χ1n) is 8.67. The van der Waals surface area contributed by atoms with Gasteiger partial charge in [0.1, 0.15) is 11.5 Å². The molecular formula is C18H23N3O4S. The summed E-state index contributed by atoms with van der Waals surface area (Å²) in [4.78, 5) is 12.4. The molecule has 1 amide bonds. The van der Waals surface area contributed by atoms with E-state index in [4.69, 9.17) is 4.52 Å². The lowest BCUT2D eigenvalue weighted by atomic mass is 10.0. The molecule has 0 aliphatic carbocycles. The van der Waals surface area contributed by atoms with Gasteiger partial charge in [-0.3, -0.25) is 4.79 Å². The van der Waals surface area contributed by atoms with E-state index in [1.54, 1.807) is 13.0 Å². The molecule has 2 aromatic rings. The van der Waals surface area contributed by atoms with Crippen molar-refractivity contribution in [1.29, 1.82) is 0 Å². The lowest BCUT2D eigenvalue weighted by Crippen LogP contribution is -2.37. The minimum Gasteiger partial charge on any atom is -0.361 e. The molecule has 0 saturated carbocycles. The van der Waals surface area contributed by atoms with Gasteiger partial charge in [-0.2, -0.15) is 4.31 Å². The molecule has 2 heterocycles. The average Bonchev–Trinajstić information content (AvgIpc) is 3.05. The van der Waals surface area contributed by atoms with Crippen LogP contribution >= 0.6 is 0 Å². The van der Waals surface area contributed by atoms with Crippen LogP contribution in [0.1, 0.15) is 41.6 Å². The fraction of sp³-hybridized carbons (Fsp3) is 0.444. The molecule has 1 fully saturated rings. The first-order chi connectivity index (χ1) is 12.4. The van der Waals surface area contributed by atoms with E-state index >= 15 is 0 Å². The van der Waals surface area contributed by atoms with E-state index in [2.05, 4.69) is 17.4 Å². The zero-order valence-electron chi connectivity index (χ0n) is 14.9. The van der Waals surface area contributed by atoms with Gasteiger partial charge in [-0.25, -0.2) is 8.42 Å².